The summed E-state index contributed by atoms with van der Waals surface area (Å²) in [7, 11) is -3.44. The monoisotopic (exact) mass is 473 g/mol. The van der Waals surface area contributed by atoms with Crippen LogP contribution >= 0.6 is 0 Å². The molecule has 33 heavy (non-hydrogen) atoms. The molecule has 0 bridgehead atoms. The second-order valence-electron chi connectivity index (χ2n) is 8.05. The number of amides is 1. The Balaban J connectivity index is 1.96. The lowest BCUT2D eigenvalue weighted by molar-refractivity contribution is -0.114. The largest absolute Gasteiger partial charge is 0.483 e. The average molecular weight is 474 g/mol. The molecule has 174 valence electrons. The minimum atomic E-state index is -3.44. The number of rotatable bonds is 7. The Hall–Kier alpha value is -3.26. The number of nitrogens with one attached hydrogen (secondary N) is 1. The smallest absolute Gasteiger partial charge is 0.221 e. The molecule has 0 aliphatic heterocycles. The number of carbonyl (C=O) groups is 1. The van der Waals surface area contributed by atoms with Gasteiger partial charge in [0.05, 0.1) is 10.6 Å². The Kier molecular flexibility index (Phi) is 6.88. The van der Waals surface area contributed by atoms with Crippen LogP contribution in [-0.4, -0.2) is 20.1 Å². The lowest BCUT2D eigenvalue weighted by atomic mass is 9.97. The Bertz CT molecular complexity index is 1290. The van der Waals surface area contributed by atoms with Crippen molar-refractivity contribution in [1.29, 1.82) is 0 Å². The minimum Gasteiger partial charge on any atom is -0.483 e. The van der Waals surface area contributed by atoms with E-state index in [1.54, 1.807) is 51.1 Å². The van der Waals surface area contributed by atoms with Crippen LogP contribution in [0.15, 0.2) is 65.6 Å². The molecule has 0 fully saturated rings. The van der Waals surface area contributed by atoms with Crippen LogP contribution in [-0.2, 0) is 20.2 Å². The summed E-state index contributed by atoms with van der Waals surface area (Å²) in [6, 6.07) is 14.6. The van der Waals surface area contributed by atoms with Gasteiger partial charge in [-0.05, 0) is 61.9 Å². The molecule has 0 aliphatic carbocycles. The van der Waals surface area contributed by atoms with Crippen molar-refractivity contribution in [2.75, 3.05) is 11.1 Å². The van der Waals surface area contributed by atoms with E-state index in [9.17, 15) is 22.0 Å². The molecule has 0 aromatic heterocycles. The number of sulfone groups is 1. The van der Waals surface area contributed by atoms with Gasteiger partial charge in [-0.15, -0.1) is 0 Å². The Labute approximate surface area is 192 Å². The lowest BCUT2D eigenvalue weighted by Gasteiger charge is -2.27. The zero-order chi connectivity index (χ0) is 24.4. The highest BCUT2D eigenvalue weighted by Gasteiger charge is 2.27. The minimum absolute atomic E-state index is 0.0479. The summed E-state index contributed by atoms with van der Waals surface area (Å²) in [5, 5.41) is 2.72. The van der Waals surface area contributed by atoms with E-state index in [0.717, 1.165) is 6.07 Å². The van der Waals surface area contributed by atoms with Gasteiger partial charge in [0.15, 0.2) is 9.84 Å². The van der Waals surface area contributed by atoms with Gasteiger partial charge in [0.2, 0.25) is 5.91 Å². The molecule has 5 nitrogen and oxygen atoms in total. The molecule has 0 heterocycles. The van der Waals surface area contributed by atoms with Gasteiger partial charge in [-0.1, -0.05) is 19.1 Å². The van der Waals surface area contributed by atoms with Gasteiger partial charge < -0.3 is 10.1 Å². The molecule has 0 saturated carbocycles. The molecule has 0 unspecified atom stereocenters. The number of ether oxygens (including phenoxy) is 1. The first-order valence-electron chi connectivity index (χ1n) is 10.3. The summed E-state index contributed by atoms with van der Waals surface area (Å²) in [6.07, 6.45) is 0. The Morgan fingerprint density at radius 3 is 2.24 bits per heavy atom. The van der Waals surface area contributed by atoms with Crippen molar-refractivity contribution < 1.29 is 26.7 Å². The van der Waals surface area contributed by atoms with E-state index < -0.39 is 27.1 Å². The molecular formula is C25H25F2NO4S. The topological polar surface area (TPSA) is 72.5 Å². The van der Waals surface area contributed by atoms with Crippen LogP contribution in [0.3, 0.4) is 0 Å². The van der Waals surface area contributed by atoms with Gasteiger partial charge in [-0.3, -0.25) is 4.79 Å². The third kappa shape index (κ3) is 5.57. The predicted octanol–water partition coefficient (Wildman–Crippen LogP) is 5.70. The van der Waals surface area contributed by atoms with Gasteiger partial charge in [0.1, 0.15) is 23.0 Å². The average Bonchev–Trinajstić information content (AvgIpc) is 2.73. The van der Waals surface area contributed by atoms with E-state index in [4.69, 9.17) is 4.74 Å². The van der Waals surface area contributed by atoms with Gasteiger partial charge in [0.25, 0.3) is 0 Å². The molecule has 0 saturated heterocycles. The van der Waals surface area contributed by atoms with E-state index >= 15 is 0 Å². The van der Waals surface area contributed by atoms with Crippen LogP contribution in [0.25, 0.3) is 11.1 Å². The first kappa shape index (κ1) is 24.4. The van der Waals surface area contributed by atoms with E-state index in [-0.39, 0.29) is 22.1 Å². The van der Waals surface area contributed by atoms with E-state index in [1.165, 1.54) is 31.2 Å². The van der Waals surface area contributed by atoms with E-state index in [2.05, 4.69) is 5.32 Å². The Morgan fingerprint density at radius 1 is 1.00 bits per heavy atom. The number of halogens is 2. The van der Waals surface area contributed by atoms with Crippen molar-refractivity contribution in [2.24, 2.45) is 0 Å². The molecule has 0 atom stereocenters. The summed E-state index contributed by atoms with van der Waals surface area (Å²) in [5.74, 6) is -1.27. The molecule has 1 N–H and O–H groups in total. The van der Waals surface area contributed by atoms with Crippen molar-refractivity contribution in [2.45, 2.75) is 38.2 Å². The molecule has 3 aromatic rings. The molecular weight excluding hydrogens is 448 g/mol. The van der Waals surface area contributed by atoms with Crippen LogP contribution in [0.4, 0.5) is 14.5 Å². The standard InChI is InChI=1S/C25H25F2NO4S/c1-5-33(30,31)20-11-13-24(28-16(2)29)21(15-20)17-6-9-19(10-7-17)32-25(3,4)22-12-8-18(26)14-23(22)27/h6-15H,5H2,1-4H3,(H,28,29). The molecule has 0 spiro atoms. The maximum atomic E-state index is 14.2. The molecule has 1 amide bonds. The summed E-state index contributed by atoms with van der Waals surface area (Å²) in [6.45, 7) is 6.28. The number of hydrogen-bond donors (Lipinski definition) is 1. The zero-order valence-electron chi connectivity index (χ0n) is 18.8. The van der Waals surface area contributed by atoms with Crippen LogP contribution in [0.5, 0.6) is 5.75 Å². The second kappa shape index (κ2) is 9.31. The van der Waals surface area contributed by atoms with Crippen molar-refractivity contribution >= 4 is 21.4 Å². The van der Waals surface area contributed by atoms with Crippen molar-refractivity contribution in [1.82, 2.24) is 0 Å². The van der Waals surface area contributed by atoms with Crippen LogP contribution in [0.1, 0.15) is 33.3 Å². The first-order valence-corrected chi connectivity index (χ1v) is 12.0. The summed E-state index contributed by atoms with van der Waals surface area (Å²) in [5.41, 5.74) is 0.800. The Morgan fingerprint density at radius 2 is 1.67 bits per heavy atom. The number of carbonyl (C=O) groups excluding carboxylic acids is 1. The maximum absolute atomic E-state index is 14.2. The van der Waals surface area contributed by atoms with Crippen LogP contribution in [0, 0.1) is 11.6 Å². The van der Waals surface area contributed by atoms with Crippen molar-refractivity contribution in [3.05, 3.63) is 77.9 Å². The normalized spacial score (nSPS) is 11.8. The van der Waals surface area contributed by atoms with Crippen LogP contribution < -0.4 is 10.1 Å². The fourth-order valence-corrected chi connectivity index (χ4v) is 4.36. The highest BCUT2D eigenvalue weighted by molar-refractivity contribution is 7.91. The third-order valence-corrected chi connectivity index (χ3v) is 6.89. The number of anilines is 1. The zero-order valence-corrected chi connectivity index (χ0v) is 19.6. The molecule has 8 heteroatoms. The van der Waals surface area contributed by atoms with Gasteiger partial charge in [-0.2, -0.15) is 0 Å². The molecule has 3 aromatic carbocycles. The summed E-state index contributed by atoms with van der Waals surface area (Å²) >= 11 is 0. The van der Waals surface area contributed by atoms with Crippen molar-refractivity contribution in [3.63, 3.8) is 0 Å². The van der Waals surface area contributed by atoms with Crippen molar-refractivity contribution in [3.8, 4) is 16.9 Å². The van der Waals surface area contributed by atoms with Crippen LogP contribution in [0.2, 0.25) is 0 Å². The summed E-state index contributed by atoms with van der Waals surface area (Å²) in [4.78, 5) is 11.8. The van der Waals surface area contributed by atoms with Gasteiger partial charge in [0, 0.05) is 29.8 Å². The van der Waals surface area contributed by atoms with Gasteiger partial charge in [-0.25, -0.2) is 17.2 Å². The fraction of sp³-hybridized carbons (Fsp3) is 0.240. The fourth-order valence-electron chi connectivity index (χ4n) is 3.45. The third-order valence-electron chi connectivity index (χ3n) is 5.16. The molecule has 3 rings (SSSR count). The molecule has 0 aliphatic rings. The van der Waals surface area contributed by atoms with E-state index in [0.29, 0.717) is 22.6 Å². The highest BCUT2D eigenvalue weighted by Crippen LogP contribution is 2.34. The number of benzene rings is 3. The second-order valence-corrected chi connectivity index (χ2v) is 10.3. The summed E-state index contributed by atoms with van der Waals surface area (Å²) < 4.78 is 58.2. The highest BCUT2D eigenvalue weighted by atomic mass is 32.2. The quantitative estimate of drug-likeness (QED) is 0.478. The number of hydrogen-bond acceptors (Lipinski definition) is 4. The first-order chi connectivity index (χ1) is 15.4. The SMILES string of the molecule is CCS(=O)(=O)c1ccc(NC(C)=O)c(-c2ccc(OC(C)(C)c3ccc(F)cc3F)cc2)c1. The van der Waals surface area contributed by atoms with E-state index in [1.807, 2.05) is 0 Å². The lowest BCUT2D eigenvalue weighted by Crippen LogP contribution is -2.26. The maximum Gasteiger partial charge on any atom is 0.221 e. The predicted molar refractivity (Wildman–Crippen MR) is 124 cm³/mol. The van der Waals surface area contributed by atoms with Gasteiger partial charge >= 0.3 is 0 Å². The molecule has 0 radical (unpaired) electrons.